The van der Waals surface area contributed by atoms with E-state index in [2.05, 4.69) is 20.2 Å². The van der Waals surface area contributed by atoms with Gasteiger partial charge in [0.05, 0.1) is 40.7 Å². The largest absolute Gasteiger partial charge is 0.395 e. The quantitative estimate of drug-likeness (QED) is 0.500. The number of para-hydroxylation sites is 1. The predicted molar refractivity (Wildman–Crippen MR) is 144 cm³/mol. The fourth-order valence-electron chi connectivity index (χ4n) is 4.61. The molecule has 9 nitrogen and oxygen atoms in total. The third kappa shape index (κ3) is 4.89. The smallest absolute Gasteiger partial charge is 0.265 e. The van der Waals surface area contributed by atoms with Crippen molar-refractivity contribution in [2.45, 2.75) is 6.04 Å². The first-order valence-electron chi connectivity index (χ1n) is 11.7. The summed E-state index contributed by atoms with van der Waals surface area (Å²) in [6.45, 7) is 2.15. The van der Waals surface area contributed by atoms with Crippen molar-refractivity contribution in [2.24, 2.45) is 0 Å². The Morgan fingerprint density at radius 1 is 1.16 bits per heavy atom. The SMILES string of the molecule is CN1CN(c2c(Cl)cccc2Cl)C(=O)c2cnc(Nc3ccc(N4CCN(C)C(CO)C4)c(F)c3)nc21. The monoisotopic (exact) mass is 545 g/mol. The molecule has 3 aromatic rings. The number of aromatic nitrogens is 2. The molecule has 1 atom stereocenters. The molecular formula is C25H26Cl2FN7O2. The van der Waals surface area contributed by atoms with Gasteiger partial charge in [0.15, 0.2) is 0 Å². The predicted octanol–water partition coefficient (Wildman–Crippen LogP) is 3.83. The maximum absolute atomic E-state index is 15.0. The molecule has 5 rings (SSSR count). The maximum Gasteiger partial charge on any atom is 0.265 e. The van der Waals surface area contributed by atoms with Crippen molar-refractivity contribution in [1.29, 1.82) is 0 Å². The molecule has 1 fully saturated rings. The van der Waals surface area contributed by atoms with E-state index in [0.29, 0.717) is 51.6 Å². The first-order chi connectivity index (χ1) is 17.8. The highest BCUT2D eigenvalue weighted by Gasteiger charge is 2.33. The molecule has 2 N–H and O–H groups in total. The molecule has 0 radical (unpaired) electrons. The lowest BCUT2D eigenvalue weighted by Crippen LogP contribution is -2.53. The zero-order valence-corrected chi connectivity index (χ0v) is 21.8. The molecule has 1 saturated heterocycles. The van der Waals surface area contributed by atoms with Crippen molar-refractivity contribution in [3.05, 3.63) is 64.0 Å². The Labute approximate surface area is 224 Å². The molecule has 1 unspecified atom stereocenters. The summed E-state index contributed by atoms with van der Waals surface area (Å²) in [6.07, 6.45) is 1.43. The van der Waals surface area contributed by atoms with E-state index in [4.69, 9.17) is 23.2 Å². The number of rotatable bonds is 5. The highest BCUT2D eigenvalue weighted by atomic mass is 35.5. The molecule has 12 heteroatoms. The number of anilines is 5. The second-order valence-corrected chi connectivity index (χ2v) is 9.94. The average Bonchev–Trinajstić information content (AvgIpc) is 2.87. The number of carbonyl (C=O) groups excluding carboxylic acids is 1. The number of aliphatic hydroxyl groups excluding tert-OH is 1. The minimum Gasteiger partial charge on any atom is -0.395 e. The van der Waals surface area contributed by atoms with Crippen LogP contribution in [0.15, 0.2) is 42.6 Å². The number of amides is 1. The summed E-state index contributed by atoms with van der Waals surface area (Å²) >= 11 is 12.7. The number of aliphatic hydroxyl groups is 1. The van der Waals surface area contributed by atoms with E-state index in [1.54, 1.807) is 42.3 Å². The van der Waals surface area contributed by atoms with Crippen LogP contribution in [0.1, 0.15) is 10.4 Å². The van der Waals surface area contributed by atoms with E-state index >= 15 is 4.39 Å². The molecule has 0 saturated carbocycles. The second kappa shape index (κ2) is 10.3. The van der Waals surface area contributed by atoms with Gasteiger partial charge >= 0.3 is 0 Å². The Balaban J connectivity index is 1.35. The van der Waals surface area contributed by atoms with Gasteiger partial charge in [0, 0.05) is 38.6 Å². The Bertz CT molecular complexity index is 1320. The van der Waals surface area contributed by atoms with E-state index in [-0.39, 0.29) is 37.0 Å². The number of benzene rings is 2. The number of hydrogen-bond acceptors (Lipinski definition) is 8. The molecule has 1 aromatic heterocycles. The van der Waals surface area contributed by atoms with Crippen molar-refractivity contribution in [2.75, 3.05) is 67.0 Å². The lowest BCUT2D eigenvalue weighted by atomic mass is 10.1. The van der Waals surface area contributed by atoms with Crippen LogP contribution in [0, 0.1) is 5.82 Å². The zero-order chi connectivity index (χ0) is 26.3. The number of piperazine rings is 1. The Kier molecular flexibility index (Phi) is 7.09. The molecule has 0 aliphatic carbocycles. The summed E-state index contributed by atoms with van der Waals surface area (Å²) in [4.78, 5) is 29.3. The van der Waals surface area contributed by atoms with E-state index in [0.717, 1.165) is 6.54 Å². The van der Waals surface area contributed by atoms with Gasteiger partial charge in [0.2, 0.25) is 5.95 Å². The Morgan fingerprint density at radius 2 is 1.92 bits per heavy atom. The second-order valence-electron chi connectivity index (χ2n) is 9.13. The van der Waals surface area contributed by atoms with Crippen LogP contribution in [0.3, 0.4) is 0 Å². The van der Waals surface area contributed by atoms with Crippen molar-refractivity contribution < 1.29 is 14.3 Å². The molecular weight excluding hydrogens is 520 g/mol. The van der Waals surface area contributed by atoms with Gasteiger partial charge in [-0.2, -0.15) is 4.98 Å². The highest BCUT2D eigenvalue weighted by Crippen LogP contribution is 2.37. The molecule has 194 valence electrons. The van der Waals surface area contributed by atoms with Crippen LogP contribution in [0.25, 0.3) is 0 Å². The number of nitrogens with zero attached hydrogens (tertiary/aromatic N) is 6. The summed E-state index contributed by atoms with van der Waals surface area (Å²) in [5.74, 6) is -0.0385. The lowest BCUT2D eigenvalue weighted by Gasteiger charge is -2.39. The summed E-state index contributed by atoms with van der Waals surface area (Å²) in [5.41, 5.74) is 1.68. The van der Waals surface area contributed by atoms with Crippen molar-refractivity contribution in [3.8, 4) is 0 Å². The first-order valence-corrected chi connectivity index (χ1v) is 12.5. The van der Waals surface area contributed by atoms with Gasteiger partial charge in [-0.05, 0) is 37.4 Å². The molecule has 0 spiro atoms. The summed E-state index contributed by atoms with van der Waals surface area (Å²) in [7, 11) is 3.75. The Hall–Kier alpha value is -3.18. The number of likely N-dealkylation sites (N-methyl/N-ethyl adjacent to an activating group) is 1. The molecule has 0 bridgehead atoms. The summed E-state index contributed by atoms with van der Waals surface area (Å²) in [6, 6.07) is 9.87. The van der Waals surface area contributed by atoms with Gasteiger partial charge in [-0.25, -0.2) is 9.37 Å². The molecule has 2 aliphatic heterocycles. The topological polar surface area (TPSA) is 88.1 Å². The van der Waals surface area contributed by atoms with Crippen LogP contribution in [0.2, 0.25) is 10.0 Å². The van der Waals surface area contributed by atoms with Crippen molar-refractivity contribution in [3.63, 3.8) is 0 Å². The minimum absolute atomic E-state index is 0.0179. The van der Waals surface area contributed by atoms with Gasteiger partial charge in [0.1, 0.15) is 17.2 Å². The van der Waals surface area contributed by atoms with Gasteiger partial charge < -0.3 is 20.2 Å². The number of nitrogens with one attached hydrogen (secondary N) is 1. The highest BCUT2D eigenvalue weighted by molar-refractivity contribution is 6.40. The van der Waals surface area contributed by atoms with E-state index < -0.39 is 0 Å². The standard InChI is InChI=1S/C25H26Cl2FN7O2/c1-32-8-9-34(12-16(32)13-36)21-7-6-15(10-20(21)28)30-25-29-11-17-23(31-25)33(2)14-35(24(17)37)22-18(26)4-3-5-19(22)27/h3-7,10-11,16,36H,8-9,12-14H2,1-2H3,(H,29,30,31). The fourth-order valence-corrected chi connectivity index (χ4v) is 5.22. The summed E-state index contributed by atoms with van der Waals surface area (Å²) in [5, 5.41) is 13.4. The van der Waals surface area contributed by atoms with Crippen LogP contribution in [0.5, 0.6) is 0 Å². The fraction of sp³-hybridized carbons (Fsp3) is 0.320. The van der Waals surface area contributed by atoms with Crippen molar-refractivity contribution in [1.82, 2.24) is 14.9 Å². The molecule has 3 heterocycles. The van der Waals surface area contributed by atoms with Gasteiger partial charge in [-0.3, -0.25) is 14.6 Å². The van der Waals surface area contributed by atoms with Crippen LogP contribution in [0.4, 0.5) is 33.2 Å². The average molecular weight is 546 g/mol. The third-order valence-electron chi connectivity index (χ3n) is 6.70. The van der Waals surface area contributed by atoms with Gasteiger partial charge in [-0.1, -0.05) is 29.3 Å². The zero-order valence-electron chi connectivity index (χ0n) is 20.3. The molecule has 2 aliphatic rings. The minimum atomic E-state index is -0.385. The number of halogens is 3. The number of carbonyl (C=O) groups is 1. The van der Waals surface area contributed by atoms with E-state index in [9.17, 15) is 9.90 Å². The number of fused-ring (bicyclic) bond motifs is 1. The van der Waals surface area contributed by atoms with Gasteiger partial charge in [0.25, 0.3) is 5.91 Å². The van der Waals surface area contributed by atoms with Crippen LogP contribution < -0.4 is 20.0 Å². The van der Waals surface area contributed by atoms with E-state index in [1.165, 1.54) is 17.2 Å². The third-order valence-corrected chi connectivity index (χ3v) is 7.31. The molecule has 37 heavy (non-hydrogen) atoms. The summed E-state index contributed by atoms with van der Waals surface area (Å²) < 4.78 is 15.0. The van der Waals surface area contributed by atoms with Crippen LogP contribution in [-0.4, -0.2) is 78.9 Å². The van der Waals surface area contributed by atoms with Gasteiger partial charge in [-0.15, -0.1) is 0 Å². The Morgan fingerprint density at radius 3 is 2.62 bits per heavy atom. The maximum atomic E-state index is 15.0. The van der Waals surface area contributed by atoms with Crippen molar-refractivity contribution >= 4 is 57.9 Å². The molecule has 2 aromatic carbocycles. The first kappa shape index (κ1) is 25.5. The normalized spacial score (nSPS) is 18.3. The number of hydrogen-bond donors (Lipinski definition) is 2. The van der Waals surface area contributed by atoms with Crippen LogP contribution >= 0.6 is 23.2 Å². The van der Waals surface area contributed by atoms with Crippen LogP contribution in [-0.2, 0) is 0 Å². The van der Waals surface area contributed by atoms with E-state index in [1.807, 2.05) is 11.9 Å². The molecule has 1 amide bonds. The lowest BCUT2D eigenvalue weighted by molar-refractivity contribution is 0.0982.